The predicted octanol–water partition coefficient (Wildman–Crippen LogP) is 4.72. The monoisotopic (exact) mass is 256 g/mol. The Balaban J connectivity index is 1.88. The molecule has 2 aliphatic carbocycles. The lowest BCUT2D eigenvalue weighted by Gasteiger charge is -2.34. The maximum atomic E-state index is 12.2. The summed E-state index contributed by atoms with van der Waals surface area (Å²) < 4.78 is 0. The Morgan fingerprint density at radius 3 is 2.26 bits per heavy atom. The molecular weight excluding hydrogens is 232 g/mol. The van der Waals surface area contributed by atoms with E-state index in [9.17, 15) is 4.79 Å². The largest absolute Gasteiger partial charge is 0.299 e. The zero-order chi connectivity index (χ0) is 13.1. The molecular formula is C18H24O. The van der Waals surface area contributed by atoms with Crippen molar-refractivity contribution in [3.63, 3.8) is 0 Å². The van der Waals surface area contributed by atoms with Gasteiger partial charge in [-0.05, 0) is 43.1 Å². The maximum absolute atomic E-state index is 12.2. The van der Waals surface area contributed by atoms with Crippen molar-refractivity contribution in [1.29, 1.82) is 0 Å². The van der Waals surface area contributed by atoms with Gasteiger partial charge < -0.3 is 0 Å². The standard InChI is InChI=1S/C18H24O/c19-17-13-7-12-16(17)18(14-8-3-1-4-9-14)15-10-5-2-6-11-15/h1,3-4,8-9,15-16,18H,2,5-7,10-13H2/t16?,18-/m1/s1. The molecule has 0 radical (unpaired) electrons. The summed E-state index contributed by atoms with van der Waals surface area (Å²) in [4.78, 5) is 12.2. The summed E-state index contributed by atoms with van der Waals surface area (Å²) in [6, 6.07) is 10.8. The molecule has 1 heteroatoms. The van der Waals surface area contributed by atoms with Crippen LogP contribution in [0.15, 0.2) is 30.3 Å². The van der Waals surface area contributed by atoms with Gasteiger partial charge in [-0.25, -0.2) is 0 Å². The molecule has 1 aromatic carbocycles. The van der Waals surface area contributed by atoms with Gasteiger partial charge in [-0.1, -0.05) is 49.6 Å². The van der Waals surface area contributed by atoms with Crippen molar-refractivity contribution in [2.75, 3.05) is 0 Å². The second kappa shape index (κ2) is 5.90. The second-order valence-electron chi connectivity index (χ2n) is 6.30. The van der Waals surface area contributed by atoms with Crippen molar-refractivity contribution in [3.8, 4) is 0 Å². The van der Waals surface area contributed by atoms with Gasteiger partial charge in [0.15, 0.2) is 0 Å². The van der Waals surface area contributed by atoms with E-state index in [0.717, 1.165) is 25.2 Å². The average molecular weight is 256 g/mol. The van der Waals surface area contributed by atoms with Crippen molar-refractivity contribution >= 4 is 5.78 Å². The van der Waals surface area contributed by atoms with Crippen molar-refractivity contribution in [2.24, 2.45) is 11.8 Å². The highest BCUT2D eigenvalue weighted by molar-refractivity contribution is 5.83. The maximum Gasteiger partial charge on any atom is 0.136 e. The molecule has 1 unspecified atom stereocenters. The second-order valence-corrected chi connectivity index (χ2v) is 6.30. The number of ketones is 1. The fourth-order valence-electron chi connectivity index (χ4n) is 4.22. The quantitative estimate of drug-likeness (QED) is 0.764. The first-order valence-corrected chi connectivity index (χ1v) is 7.94. The Morgan fingerprint density at radius 2 is 1.63 bits per heavy atom. The van der Waals surface area contributed by atoms with Crippen LogP contribution >= 0.6 is 0 Å². The molecule has 0 amide bonds. The van der Waals surface area contributed by atoms with Gasteiger partial charge in [-0.15, -0.1) is 0 Å². The molecule has 2 saturated carbocycles. The number of hydrogen-bond donors (Lipinski definition) is 0. The molecule has 19 heavy (non-hydrogen) atoms. The normalized spacial score (nSPS) is 26.5. The minimum absolute atomic E-state index is 0.311. The number of carbonyl (C=O) groups is 1. The minimum atomic E-state index is 0.311. The van der Waals surface area contributed by atoms with Gasteiger partial charge in [-0.3, -0.25) is 4.79 Å². The smallest absolute Gasteiger partial charge is 0.136 e. The third kappa shape index (κ3) is 2.75. The zero-order valence-electron chi connectivity index (χ0n) is 11.7. The third-order valence-electron chi connectivity index (χ3n) is 5.13. The van der Waals surface area contributed by atoms with Crippen LogP contribution in [0.2, 0.25) is 0 Å². The summed E-state index contributed by atoms with van der Waals surface area (Å²) in [5, 5.41) is 0. The lowest BCUT2D eigenvalue weighted by molar-refractivity contribution is -0.121. The third-order valence-corrected chi connectivity index (χ3v) is 5.13. The highest BCUT2D eigenvalue weighted by atomic mass is 16.1. The molecule has 0 bridgehead atoms. The Morgan fingerprint density at radius 1 is 0.895 bits per heavy atom. The lowest BCUT2D eigenvalue weighted by atomic mass is 9.70. The van der Waals surface area contributed by atoms with E-state index in [1.54, 1.807) is 0 Å². The lowest BCUT2D eigenvalue weighted by Crippen LogP contribution is -2.26. The molecule has 0 aliphatic heterocycles. The molecule has 0 heterocycles. The average Bonchev–Trinajstić information content (AvgIpc) is 2.88. The van der Waals surface area contributed by atoms with Crippen LogP contribution in [0, 0.1) is 11.8 Å². The molecule has 0 aromatic heterocycles. The van der Waals surface area contributed by atoms with Gasteiger partial charge in [0.25, 0.3) is 0 Å². The van der Waals surface area contributed by atoms with Crippen molar-refractivity contribution in [3.05, 3.63) is 35.9 Å². The first-order chi connectivity index (χ1) is 9.36. The van der Waals surface area contributed by atoms with Crippen LogP contribution in [0.25, 0.3) is 0 Å². The summed E-state index contributed by atoms with van der Waals surface area (Å²) in [6.07, 6.45) is 9.79. The fourth-order valence-corrected chi connectivity index (χ4v) is 4.22. The summed E-state index contributed by atoms with van der Waals surface area (Å²) in [6.45, 7) is 0. The molecule has 2 atom stereocenters. The molecule has 2 fully saturated rings. The summed E-state index contributed by atoms with van der Waals surface area (Å²) in [5.41, 5.74) is 1.41. The summed E-state index contributed by atoms with van der Waals surface area (Å²) in [5.74, 6) is 2.07. The van der Waals surface area contributed by atoms with Crippen molar-refractivity contribution < 1.29 is 4.79 Å². The van der Waals surface area contributed by atoms with Crippen LogP contribution in [0.3, 0.4) is 0 Å². The van der Waals surface area contributed by atoms with Crippen molar-refractivity contribution in [2.45, 2.75) is 57.3 Å². The van der Waals surface area contributed by atoms with Crippen molar-refractivity contribution in [1.82, 2.24) is 0 Å². The number of Topliss-reactive ketones (excluding diaryl/α,β-unsaturated/α-hetero) is 1. The molecule has 102 valence electrons. The van der Waals surface area contributed by atoms with E-state index in [1.165, 1.54) is 37.7 Å². The Labute approximate surface area is 116 Å². The van der Waals surface area contributed by atoms with Gasteiger partial charge in [0.2, 0.25) is 0 Å². The Bertz CT molecular complexity index is 417. The Kier molecular flexibility index (Phi) is 4.00. The molecule has 0 spiro atoms. The first-order valence-electron chi connectivity index (χ1n) is 7.94. The molecule has 1 aromatic rings. The molecule has 3 rings (SSSR count). The van der Waals surface area contributed by atoms with Gasteiger partial charge in [-0.2, -0.15) is 0 Å². The van der Waals surface area contributed by atoms with Gasteiger partial charge in [0.05, 0.1) is 0 Å². The van der Waals surface area contributed by atoms with E-state index in [-0.39, 0.29) is 0 Å². The Hall–Kier alpha value is -1.11. The highest BCUT2D eigenvalue weighted by Gasteiger charge is 2.37. The van der Waals surface area contributed by atoms with Gasteiger partial charge in [0.1, 0.15) is 5.78 Å². The first kappa shape index (κ1) is 12.9. The number of benzene rings is 1. The van der Waals surface area contributed by atoms with Crippen LogP contribution in [-0.2, 0) is 4.79 Å². The van der Waals surface area contributed by atoms with E-state index < -0.39 is 0 Å². The predicted molar refractivity (Wildman–Crippen MR) is 78.1 cm³/mol. The van der Waals surface area contributed by atoms with Gasteiger partial charge in [0, 0.05) is 12.3 Å². The summed E-state index contributed by atoms with van der Waals surface area (Å²) in [7, 11) is 0. The molecule has 0 N–H and O–H groups in total. The van der Waals surface area contributed by atoms with Crippen LogP contribution in [0.5, 0.6) is 0 Å². The number of rotatable bonds is 3. The molecule has 1 nitrogen and oxygen atoms in total. The summed E-state index contributed by atoms with van der Waals surface area (Å²) >= 11 is 0. The number of hydrogen-bond acceptors (Lipinski definition) is 1. The zero-order valence-corrected chi connectivity index (χ0v) is 11.7. The van der Waals surface area contributed by atoms with E-state index in [1.807, 2.05) is 0 Å². The fraction of sp³-hybridized carbons (Fsp3) is 0.611. The van der Waals surface area contributed by atoms with E-state index in [2.05, 4.69) is 30.3 Å². The van der Waals surface area contributed by atoms with E-state index in [4.69, 9.17) is 0 Å². The topological polar surface area (TPSA) is 17.1 Å². The highest BCUT2D eigenvalue weighted by Crippen LogP contribution is 2.45. The van der Waals surface area contributed by atoms with E-state index in [0.29, 0.717) is 17.6 Å². The van der Waals surface area contributed by atoms with Crippen LogP contribution < -0.4 is 0 Å². The van der Waals surface area contributed by atoms with Crippen LogP contribution in [0.4, 0.5) is 0 Å². The van der Waals surface area contributed by atoms with Crippen LogP contribution in [0.1, 0.15) is 62.8 Å². The molecule has 2 aliphatic rings. The number of carbonyl (C=O) groups excluding carboxylic acids is 1. The van der Waals surface area contributed by atoms with Crippen LogP contribution in [-0.4, -0.2) is 5.78 Å². The van der Waals surface area contributed by atoms with Gasteiger partial charge >= 0.3 is 0 Å². The minimum Gasteiger partial charge on any atom is -0.299 e. The van der Waals surface area contributed by atoms with E-state index >= 15 is 0 Å². The molecule has 0 saturated heterocycles. The SMILES string of the molecule is O=C1CCCC1[C@H](c1ccccc1)C1CCCCC1.